The van der Waals surface area contributed by atoms with Gasteiger partial charge < -0.3 is 30.3 Å². The molecule has 5 N–H and O–H groups in total. The molecule has 0 unspecified atom stereocenters. The molecule has 22 heavy (non-hydrogen) atoms. The van der Waals surface area contributed by atoms with Crippen molar-refractivity contribution in [2.75, 3.05) is 13.2 Å². The number of aliphatic hydroxyl groups is 5. The van der Waals surface area contributed by atoms with Gasteiger partial charge in [-0.05, 0) is 11.6 Å². The van der Waals surface area contributed by atoms with E-state index in [1.165, 1.54) is 6.08 Å². The lowest BCUT2D eigenvalue weighted by Crippen LogP contribution is -2.47. The van der Waals surface area contributed by atoms with E-state index < -0.39 is 43.6 Å². The van der Waals surface area contributed by atoms with E-state index >= 15 is 0 Å². The van der Waals surface area contributed by atoms with E-state index in [0.29, 0.717) is 0 Å². The number of benzene rings is 1. The van der Waals surface area contributed by atoms with Gasteiger partial charge in [0.1, 0.15) is 31.0 Å². The van der Waals surface area contributed by atoms with Gasteiger partial charge in [-0.15, -0.1) is 0 Å². The van der Waals surface area contributed by atoms with Crippen LogP contribution in [-0.2, 0) is 9.53 Å². The zero-order valence-corrected chi connectivity index (χ0v) is 11.8. The molecule has 0 radical (unpaired) electrons. The molecule has 122 valence electrons. The SMILES string of the molecule is O=C(/C=C/c1ccccc1)OC[C@@H](O)[C@@H](O)[C@@H](O)[C@H](O)CO. The summed E-state index contributed by atoms with van der Waals surface area (Å²) in [5.41, 5.74) is 0.793. The number of aliphatic hydroxyl groups excluding tert-OH is 5. The first-order valence-corrected chi connectivity index (χ1v) is 6.68. The minimum absolute atomic E-state index is 0.561. The second-order valence-corrected chi connectivity index (χ2v) is 4.67. The third-order valence-electron chi connectivity index (χ3n) is 2.93. The summed E-state index contributed by atoms with van der Waals surface area (Å²) in [5, 5.41) is 46.3. The molecule has 0 aliphatic rings. The lowest BCUT2D eigenvalue weighted by molar-refractivity contribution is -0.151. The molecule has 0 amide bonds. The van der Waals surface area contributed by atoms with Crippen LogP contribution in [0.3, 0.4) is 0 Å². The molecule has 7 heteroatoms. The van der Waals surface area contributed by atoms with Crippen molar-refractivity contribution in [3.63, 3.8) is 0 Å². The van der Waals surface area contributed by atoms with Crippen molar-refractivity contribution in [1.82, 2.24) is 0 Å². The summed E-state index contributed by atoms with van der Waals surface area (Å²) < 4.78 is 4.72. The first-order chi connectivity index (χ1) is 10.5. The summed E-state index contributed by atoms with van der Waals surface area (Å²) in [6.07, 6.45) is -4.02. The second kappa shape index (κ2) is 9.29. The Labute approximate surface area is 127 Å². The summed E-state index contributed by atoms with van der Waals surface area (Å²) >= 11 is 0. The minimum atomic E-state index is -1.76. The summed E-state index contributed by atoms with van der Waals surface area (Å²) in [6.45, 7) is -1.33. The average Bonchev–Trinajstić information content (AvgIpc) is 2.56. The maximum absolute atomic E-state index is 11.4. The third-order valence-corrected chi connectivity index (χ3v) is 2.93. The predicted molar refractivity (Wildman–Crippen MR) is 77.5 cm³/mol. The summed E-state index contributed by atoms with van der Waals surface area (Å²) in [5.74, 6) is -0.729. The normalized spacial score (nSPS) is 17.0. The zero-order valence-electron chi connectivity index (χ0n) is 11.8. The molecule has 4 atom stereocenters. The molecule has 0 heterocycles. The van der Waals surface area contributed by atoms with Crippen LogP contribution in [0.4, 0.5) is 0 Å². The molecule has 0 saturated carbocycles. The quantitative estimate of drug-likeness (QED) is 0.297. The van der Waals surface area contributed by atoms with E-state index in [-0.39, 0.29) is 0 Å². The van der Waals surface area contributed by atoms with Gasteiger partial charge in [-0.1, -0.05) is 30.3 Å². The van der Waals surface area contributed by atoms with Crippen LogP contribution < -0.4 is 0 Å². The van der Waals surface area contributed by atoms with E-state index in [4.69, 9.17) is 14.9 Å². The standard InChI is InChI=1S/C15H20O7/c16-8-11(17)14(20)15(21)12(18)9-22-13(19)7-6-10-4-2-1-3-5-10/h1-7,11-12,14-18,20-21H,8-9H2/b7-6+/t11-,12-,14+,15-/m1/s1. The van der Waals surface area contributed by atoms with Gasteiger partial charge in [0.15, 0.2) is 0 Å². The molecule has 0 aliphatic heterocycles. The Morgan fingerprint density at radius 2 is 1.64 bits per heavy atom. The van der Waals surface area contributed by atoms with Crippen molar-refractivity contribution < 1.29 is 35.1 Å². The number of hydrogen-bond donors (Lipinski definition) is 5. The smallest absolute Gasteiger partial charge is 0.330 e. The number of hydrogen-bond acceptors (Lipinski definition) is 7. The van der Waals surface area contributed by atoms with Crippen molar-refractivity contribution in [3.8, 4) is 0 Å². The third kappa shape index (κ3) is 5.92. The highest BCUT2D eigenvalue weighted by molar-refractivity contribution is 5.87. The molecule has 0 bridgehead atoms. The molecule has 0 spiro atoms. The highest BCUT2D eigenvalue weighted by Gasteiger charge is 2.30. The monoisotopic (exact) mass is 312 g/mol. The summed E-state index contributed by atoms with van der Waals surface area (Å²) in [6, 6.07) is 9.02. The van der Waals surface area contributed by atoms with Crippen LogP contribution in [0.15, 0.2) is 36.4 Å². The number of esters is 1. The van der Waals surface area contributed by atoms with Gasteiger partial charge in [0.05, 0.1) is 6.61 Å². The molecule has 0 aliphatic carbocycles. The highest BCUT2D eigenvalue weighted by Crippen LogP contribution is 2.06. The summed E-state index contributed by atoms with van der Waals surface area (Å²) in [7, 11) is 0. The van der Waals surface area contributed by atoms with Crippen molar-refractivity contribution in [3.05, 3.63) is 42.0 Å². The van der Waals surface area contributed by atoms with Gasteiger partial charge in [-0.2, -0.15) is 0 Å². The van der Waals surface area contributed by atoms with Crippen LogP contribution in [0.5, 0.6) is 0 Å². The Morgan fingerprint density at radius 3 is 2.23 bits per heavy atom. The first kappa shape index (κ1) is 18.3. The van der Waals surface area contributed by atoms with Gasteiger partial charge in [-0.25, -0.2) is 4.79 Å². The van der Waals surface area contributed by atoms with Gasteiger partial charge in [0.2, 0.25) is 0 Å². The molecule has 0 fully saturated rings. The maximum atomic E-state index is 11.4. The Morgan fingerprint density at radius 1 is 1.05 bits per heavy atom. The molecule has 1 rings (SSSR count). The predicted octanol–water partition coefficient (Wildman–Crippen LogP) is -1.32. The van der Waals surface area contributed by atoms with E-state index in [1.807, 2.05) is 6.07 Å². The van der Waals surface area contributed by atoms with E-state index in [1.54, 1.807) is 24.3 Å². The first-order valence-electron chi connectivity index (χ1n) is 6.68. The van der Waals surface area contributed by atoms with Crippen molar-refractivity contribution in [1.29, 1.82) is 0 Å². The van der Waals surface area contributed by atoms with Gasteiger partial charge >= 0.3 is 5.97 Å². The second-order valence-electron chi connectivity index (χ2n) is 4.67. The fourth-order valence-electron chi connectivity index (χ4n) is 1.61. The van der Waals surface area contributed by atoms with Crippen molar-refractivity contribution in [2.45, 2.75) is 24.4 Å². The van der Waals surface area contributed by atoms with Gasteiger partial charge in [-0.3, -0.25) is 0 Å². The number of carbonyl (C=O) groups is 1. The molecule has 0 saturated heterocycles. The van der Waals surface area contributed by atoms with Crippen LogP contribution in [-0.4, -0.2) is 69.1 Å². The van der Waals surface area contributed by atoms with E-state index in [2.05, 4.69) is 0 Å². The fraction of sp³-hybridized carbons (Fsp3) is 0.400. The Kier molecular flexibility index (Phi) is 7.72. The van der Waals surface area contributed by atoms with Crippen LogP contribution in [0.25, 0.3) is 6.08 Å². The Bertz CT molecular complexity index is 474. The van der Waals surface area contributed by atoms with E-state index in [0.717, 1.165) is 11.6 Å². The lowest BCUT2D eigenvalue weighted by atomic mass is 10.0. The molecule has 0 aromatic heterocycles. The number of rotatable bonds is 8. The Hall–Kier alpha value is -1.77. The van der Waals surface area contributed by atoms with E-state index in [9.17, 15) is 20.1 Å². The highest BCUT2D eigenvalue weighted by atomic mass is 16.5. The fourth-order valence-corrected chi connectivity index (χ4v) is 1.61. The van der Waals surface area contributed by atoms with Gasteiger partial charge in [0.25, 0.3) is 0 Å². The molecule has 7 nitrogen and oxygen atoms in total. The molecular weight excluding hydrogens is 292 g/mol. The molecule has 1 aromatic rings. The number of carbonyl (C=O) groups excluding carboxylic acids is 1. The van der Waals surface area contributed by atoms with Crippen LogP contribution >= 0.6 is 0 Å². The Balaban J connectivity index is 2.41. The topological polar surface area (TPSA) is 127 Å². The van der Waals surface area contributed by atoms with Crippen LogP contribution in [0.2, 0.25) is 0 Å². The van der Waals surface area contributed by atoms with Gasteiger partial charge in [0, 0.05) is 6.08 Å². The van der Waals surface area contributed by atoms with Crippen molar-refractivity contribution >= 4 is 12.0 Å². The summed E-state index contributed by atoms with van der Waals surface area (Å²) in [4.78, 5) is 11.4. The van der Waals surface area contributed by atoms with Crippen LogP contribution in [0, 0.1) is 0 Å². The number of ether oxygens (including phenoxy) is 1. The van der Waals surface area contributed by atoms with Crippen molar-refractivity contribution in [2.24, 2.45) is 0 Å². The maximum Gasteiger partial charge on any atom is 0.330 e. The van der Waals surface area contributed by atoms with Crippen LogP contribution in [0.1, 0.15) is 5.56 Å². The molecule has 1 aromatic carbocycles. The zero-order chi connectivity index (χ0) is 16.5. The minimum Gasteiger partial charge on any atom is -0.460 e. The molecular formula is C15H20O7. The lowest BCUT2D eigenvalue weighted by Gasteiger charge is -2.25. The average molecular weight is 312 g/mol. The largest absolute Gasteiger partial charge is 0.460 e.